The number of ketones is 1. The Morgan fingerprint density at radius 1 is 1.08 bits per heavy atom. The highest BCUT2D eigenvalue weighted by molar-refractivity contribution is 5.96. The standard InChI is InChI=1S/C19H28N2O4/c1-19(2,3)20-17(23)13-21(4)18(24)8-6-7-16(22)14-9-11-15(25-5)12-10-14/h9-12H,6-8,13H2,1-5H3,(H,20,23). The number of nitrogens with one attached hydrogen (secondary N) is 1. The molecule has 0 aliphatic carbocycles. The molecular formula is C19H28N2O4. The van der Waals surface area contributed by atoms with Crippen LogP contribution in [0.5, 0.6) is 5.75 Å². The van der Waals surface area contributed by atoms with Crippen molar-refractivity contribution in [2.45, 2.75) is 45.6 Å². The average molecular weight is 348 g/mol. The topological polar surface area (TPSA) is 75.7 Å². The number of carbonyl (C=O) groups excluding carboxylic acids is 3. The van der Waals surface area contributed by atoms with Crippen molar-refractivity contribution in [1.29, 1.82) is 0 Å². The molecule has 0 radical (unpaired) electrons. The summed E-state index contributed by atoms with van der Waals surface area (Å²) in [7, 11) is 3.16. The molecule has 0 atom stereocenters. The van der Waals surface area contributed by atoms with Gasteiger partial charge in [-0.15, -0.1) is 0 Å². The Hall–Kier alpha value is -2.37. The number of carbonyl (C=O) groups is 3. The second-order valence-electron chi connectivity index (χ2n) is 7.05. The summed E-state index contributed by atoms with van der Waals surface area (Å²) in [6.45, 7) is 5.68. The van der Waals surface area contributed by atoms with E-state index in [1.807, 2.05) is 20.8 Å². The van der Waals surface area contributed by atoms with Gasteiger partial charge in [0, 0.05) is 31.0 Å². The maximum absolute atomic E-state index is 12.1. The van der Waals surface area contributed by atoms with E-state index in [0.29, 0.717) is 24.2 Å². The van der Waals surface area contributed by atoms with Crippen molar-refractivity contribution in [3.05, 3.63) is 29.8 Å². The summed E-state index contributed by atoms with van der Waals surface area (Å²) in [6, 6.07) is 6.90. The third-order valence-corrected chi connectivity index (χ3v) is 3.53. The van der Waals surface area contributed by atoms with E-state index < -0.39 is 0 Å². The van der Waals surface area contributed by atoms with Crippen LogP contribution >= 0.6 is 0 Å². The molecule has 0 unspecified atom stereocenters. The molecule has 0 spiro atoms. The monoisotopic (exact) mass is 348 g/mol. The van der Waals surface area contributed by atoms with Crippen LogP contribution in [0.25, 0.3) is 0 Å². The van der Waals surface area contributed by atoms with Crippen molar-refractivity contribution in [1.82, 2.24) is 10.2 Å². The number of likely N-dealkylation sites (N-methyl/N-ethyl adjacent to an activating group) is 1. The number of amides is 2. The Kier molecular flexibility index (Phi) is 7.61. The summed E-state index contributed by atoms with van der Waals surface area (Å²) in [4.78, 5) is 37.4. The summed E-state index contributed by atoms with van der Waals surface area (Å²) >= 11 is 0. The van der Waals surface area contributed by atoms with Gasteiger partial charge in [-0.1, -0.05) is 0 Å². The van der Waals surface area contributed by atoms with Crippen LogP contribution in [-0.2, 0) is 9.59 Å². The van der Waals surface area contributed by atoms with Gasteiger partial charge in [0.05, 0.1) is 13.7 Å². The fraction of sp³-hybridized carbons (Fsp3) is 0.526. The molecule has 0 aliphatic heterocycles. The highest BCUT2D eigenvalue weighted by Gasteiger charge is 2.18. The maximum Gasteiger partial charge on any atom is 0.240 e. The van der Waals surface area contributed by atoms with E-state index in [9.17, 15) is 14.4 Å². The van der Waals surface area contributed by atoms with Gasteiger partial charge in [-0.2, -0.15) is 0 Å². The average Bonchev–Trinajstić information content (AvgIpc) is 2.52. The number of methoxy groups -OCH3 is 1. The van der Waals surface area contributed by atoms with Crippen LogP contribution in [0.4, 0.5) is 0 Å². The highest BCUT2D eigenvalue weighted by Crippen LogP contribution is 2.14. The molecule has 0 aromatic heterocycles. The normalized spacial score (nSPS) is 10.9. The molecule has 2 amide bonds. The van der Waals surface area contributed by atoms with Crippen LogP contribution < -0.4 is 10.1 Å². The van der Waals surface area contributed by atoms with Crippen molar-refractivity contribution in [3.63, 3.8) is 0 Å². The van der Waals surface area contributed by atoms with E-state index in [0.717, 1.165) is 0 Å². The minimum atomic E-state index is -0.328. The summed E-state index contributed by atoms with van der Waals surface area (Å²) < 4.78 is 5.06. The number of rotatable bonds is 8. The largest absolute Gasteiger partial charge is 0.497 e. The lowest BCUT2D eigenvalue weighted by molar-refractivity contribution is -0.135. The predicted molar refractivity (Wildman–Crippen MR) is 96.7 cm³/mol. The quantitative estimate of drug-likeness (QED) is 0.732. The third-order valence-electron chi connectivity index (χ3n) is 3.53. The molecule has 0 heterocycles. The van der Waals surface area contributed by atoms with Gasteiger partial charge in [0.1, 0.15) is 5.75 Å². The molecular weight excluding hydrogens is 320 g/mol. The SMILES string of the molecule is COc1ccc(C(=O)CCCC(=O)N(C)CC(=O)NC(C)(C)C)cc1. The van der Waals surface area contributed by atoms with Crippen molar-refractivity contribution in [3.8, 4) is 5.75 Å². The van der Waals surface area contributed by atoms with Crippen LogP contribution in [0.2, 0.25) is 0 Å². The molecule has 1 N–H and O–H groups in total. The summed E-state index contributed by atoms with van der Waals surface area (Å²) in [5.74, 6) is 0.342. The molecule has 0 saturated carbocycles. The molecule has 6 heteroatoms. The molecule has 0 bridgehead atoms. The van der Waals surface area contributed by atoms with Crippen molar-refractivity contribution in [2.75, 3.05) is 20.7 Å². The van der Waals surface area contributed by atoms with Gasteiger partial charge in [-0.25, -0.2) is 0 Å². The summed E-state index contributed by atoms with van der Waals surface area (Å²) in [5, 5.41) is 2.81. The summed E-state index contributed by atoms with van der Waals surface area (Å²) in [5.41, 5.74) is 0.275. The van der Waals surface area contributed by atoms with Crippen molar-refractivity contribution >= 4 is 17.6 Å². The number of ether oxygens (including phenoxy) is 1. The van der Waals surface area contributed by atoms with Gasteiger partial charge in [0.25, 0.3) is 0 Å². The number of benzene rings is 1. The Labute approximate surface area is 149 Å². The molecule has 1 aromatic rings. The number of Topliss-reactive ketones (excluding diaryl/α,β-unsaturated/α-hetero) is 1. The van der Waals surface area contributed by atoms with Crippen molar-refractivity contribution < 1.29 is 19.1 Å². The van der Waals surface area contributed by atoms with Gasteiger partial charge >= 0.3 is 0 Å². The molecule has 0 saturated heterocycles. The van der Waals surface area contributed by atoms with Crippen molar-refractivity contribution in [2.24, 2.45) is 0 Å². The summed E-state index contributed by atoms with van der Waals surface area (Å²) in [6.07, 6.45) is 0.982. The first-order valence-electron chi connectivity index (χ1n) is 8.34. The van der Waals surface area contributed by atoms with E-state index in [-0.39, 0.29) is 36.1 Å². The van der Waals surface area contributed by atoms with E-state index in [2.05, 4.69) is 5.32 Å². The zero-order chi connectivity index (χ0) is 19.0. The first-order valence-corrected chi connectivity index (χ1v) is 8.34. The number of hydrogen-bond acceptors (Lipinski definition) is 4. The molecule has 0 aliphatic rings. The lowest BCUT2D eigenvalue weighted by Gasteiger charge is -2.23. The molecule has 0 fully saturated rings. The first-order chi connectivity index (χ1) is 11.6. The molecule has 6 nitrogen and oxygen atoms in total. The van der Waals surface area contributed by atoms with E-state index in [1.54, 1.807) is 38.4 Å². The Morgan fingerprint density at radius 2 is 1.68 bits per heavy atom. The molecule has 138 valence electrons. The van der Waals surface area contributed by atoms with E-state index in [1.165, 1.54) is 4.90 Å². The van der Waals surface area contributed by atoms with Gasteiger partial charge < -0.3 is 15.0 Å². The number of hydrogen-bond donors (Lipinski definition) is 1. The maximum atomic E-state index is 12.1. The highest BCUT2D eigenvalue weighted by atomic mass is 16.5. The van der Waals surface area contributed by atoms with Crippen LogP contribution in [0.15, 0.2) is 24.3 Å². The minimum absolute atomic E-state index is 0.0106. The zero-order valence-corrected chi connectivity index (χ0v) is 15.7. The number of nitrogens with zero attached hydrogens (tertiary/aromatic N) is 1. The van der Waals surface area contributed by atoms with Gasteiger partial charge in [0.2, 0.25) is 11.8 Å². The molecule has 1 aromatic carbocycles. The third kappa shape index (κ3) is 7.83. The van der Waals surface area contributed by atoms with Crippen LogP contribution in [0, 0.1) is 0 Å². The predicted octanol–water partition coefficient (Wildman–Crippen LogP) is 2.42. The Bertz CT molecular complexity index is 603. The fourth-order valence-corrected chi connectivity index (χ4v) is 2.27. The van der Waals surface area contributed by atoms with E-state index in [4.69, 9.17) is 4.74 Å². The second-order valence-corrected chi connectivity index (χ2v) is 7.05. The zero-order valence-electron chi connectivity index (χ0n) is 15.7. The van der Waals surface area contributed by atoms with Crippen LogP contribution in [0.3, 0.4) is 0 Å². The lowest BCUT2D eigenvalue weighted by Crippen LogP contribution is -2.46. The fourth-order valence-electron chi connectivity index (χ4n) is 2.27. The first kappa shape index (κ1) is 20.7. The van der Waals surface area contributed by atoms with Gasteiger partial charge in [0.15, 0.2) is 5.78 Å². The smallest absolute Gasteiger partial charge is 0.240 e. The van der Waals surface area contributed by atoms with E-state index >= 15 is 0 Å². The minimum Gasteiger partial charge on any atom is -0.497 e. The second kappa shape index (κ2) is 9.20. The van der Waals surface area contributed by atoms with Crippen LogP contribution in [0.1, 0.15) is 50.4 Å². The van der Waals surface area contributed by atoms with Crippen LogP contribution in [-0.4, -0.2) is 48.7 Å². The van der Waals surface area contributed by atoms with Gasteiger partial charge in [-0.05, 0) is 51.5 Å². The Balaban J connectivity index is 2.37. The molecule has 1 rings (SSSR count). The Morgan fingerprint density at radius 3 is 2.20 bits per heavy atom. The van der Waals surface area contributed by atoms with Gasteiger partial charge in [-0.3, -0.25) is 14.4 Å². The lowest BCUT2D eigenvalue weighted by atomic mass is 10.1. The molecule has 25 heavy (non-hydrogen) atoms.